The summed E-state index contributed by atoms with van der Waals surface area (Å²) in [6, 6.07) is 5.48. The van der Waals surface area contributed by atoms with Crippen LogP contribution in [0.1, 0.15) is 18.4 Å². The molecule has 0 aromatic heterocycles. The van der Waals surface area contributed by atoms with Crippen LogP contribution >= 0.6 is 23.2 Å². The molecule has 0 bridgehead atoms. The maximum absolute atomic E-state index is 11.7. The fourth-order valence-corrected chi connectivity index (χ4v) is 2.79. The molecule has 1 aromatic rings. The third-order valence-corrected chi connectivity index (χ3v) is 4.21. The van der Waals surface area contributed by atoms with Gasteiger partial charge in [-0.1, -0.05) is 40.9 Å². The SMILES string of the molecule is C=CCNC(=O)CN1CCC(=Cc2cc(Cl)ccc2Cl)CC1. The minimum absolute atomic E-state index is 0.0465. The first-order chi connectivity index (χ1) is 10.6. The van der Waals surface area contributed by atoms with Gasteiger partial charge in [-0.2, -0.15) is 0 Å². The molecule has 118 valence electrons. The van der Waals surface area contributed by atoms with E-state index in [9.17, 15) is 4.79 Å². The van der Waals surface area contributed by atoms with Gasteiger partial charge in [0.1, 0.15) is 0 Å². The van der Waals surface area contributed by atoms with Gasteiger partial charge in [-0.3, -0.25) is 9.69 Å². The van der Waals surface area contributed by atoms with E-state index in [0.717, 1.165) is 31.5 Å². The number of nitrogens with one attached hydrogen (secondary N) is 1. The zero-order chi connectivity index (χ0) is 15.9. The lowest BCUT2D eigenvalue weighted by Crippen LogP contribution is -2.40. The van der Waals surface area contributed by atoms with Crippen molar-refractivity contribution in [2.45, 2.75) is 12.8 Å². The van der Waals surface area contributed by atoms with Crippen LogP contribution in [0.5, 0.6) is 0 Å². The zero-order valence-corrected chi connectivity index (χ0v) is 14.0. The van der Waals surface area contributed by atoms with Gasteiger partial charge in [-0.05, 0) is 36.6 Å². The number of benzene rings is 1. The Hall–Kier alpha value is -1.29. The summed E-state index contributed by atoms with van der Waals surface area (Å²) < 4.78 is 0. The smallest absolute Gasteiger partial charge is 0.234 e. The molecular weight excluding hydrogens is 319 g/mol. The topological polar surface area (TPSA) is 32.3 Å². The molecule has 1 N–H and O–H groups in total. The Kier molecular flexibility index (Phi) is 6.49. The Balaban J connectivity index is 1.89. The van der Waals surface area contributed by atoms with Crippen LogP contribution in [0.3, 0.4) is 0 Å². The highest BCUT2D eigenvalue weighted by atomic mass is 35.5. The van der Waals surface area contributed by atoms with Gasteiger partial charge in [0.05, 0.1) is 6.54 Å². The molecule has 0 unspecified atom stereocenters. The van der Waals surface area contributed by atoms with Gasteiger partial charge in [0, 0.05) is 29.7 Å². The summed E-state index contributed by atoms with van der Waals surface area (Å²) in [5.74, 6) is 0.0465. The maximum atomic E-state index is 11.7. The molecule has 0 saturated carbocycles. The van der Waals surface area contributed by atoms with Crippen molar-refractivity contribution in [3.8, 4) is 0 Å². The minimum atomic E-state index is 0.0465. The first-order valence-corrected chi connectivity index (χ1v) is 8.08. The molecule has 0 spiro atoms. The molecule has 0 atom stereocenters. The highest BCUT2D eigenvalue weighted by Gasteiger charge is 2.16. The first kappa shape index (κ1) is 17.1. The summed E-state index contributed by atoms with van der Waals surface area (Å²) in [6.07, 6.45) is 5.68. The van der Waals surface area contributed by atoms with E-state index in [1.807, 2.05) is 12.1 Å². The van der Waals surface area contributed by atoms with E-state index in [0.29, 0.717) is 23.1 Å². The average molecular weight is 339 g/mol. The number of likely N-dealkylation sites (tertiary alicyclic amines) is 1. The predicted molar refractivity (Wildman–Crippen MR) is 93.3 cm³/mol. The predicted octanol–water partition coefficient (Wildman–Crippen LogP) is 3.77. The summed E-state index contributed by atoms with van der Waals surface area (Å²) in [4.78, 5) is 13.8. The van der Waals surface area contributed by atoms with Crippen molar-refractivity contribution in [2.75, 3.05) is 26.2 Å². The molecule has 5 heteroatoms. The van der Waals surface area contributed by atoms with Gasteiger partial charge in [-0.25, -0.2) is 0 Å². The standard InChI is InChI=1S/C17H20Cl2N2O/c1-2-7-20-17(22)12-21-8-5-13(6-9-21)10-14-11-15(18)3-4-16(14)19/h2-4,10-11H,1,5-9,12H2,(H,20,22). The second-order valence-electron chi connectivity index (χ2n) is 5.34. The average Bonchev–Trinajstić information content (AvgIpc) is 2.51. The van der Waals surface area contributed by atoms with Gasteiger partial charge in [0.2, 0.25) is 5.91 Å². The molecular formula is C17H20Cl2N2O. The Morgan fingerprint density at radius 2 is 2.05 bits per heavy atom. The number of rotatable bonds is 5. The number of halogens is 2. The van der Waals surface area contributed by atoms with Gasteiger partial charge in [0.25, 0.3) is 0 Å². The highest BCUT2D eigenvalue weighted by Crippen LogP contribution is 2.26. The zero-order valence-electron chi connectivity index (χ0n) is 12.4. The maximum Gasteiger partial charge on any atom is 0.234 e. The molecule has 22 heavy (non-hydrogen) atoms. The van der Waals surface area contributed by atoms with Crippen molar-refractivity contribution in [2.24, 2.45) is 0 Å². The lowest BCUT2D eigenvalue weighted by atomic mass is 10.0. The third-order valence-electron chi connectivity index (χ3n) is 3.63. The van der Waals surface area contributed by atoms with Crippen LogP contribution in [-0.2, 0) is 4.79 Å². The summed E-state index contributed by atoms with van der Waals surface area (Å²) in [5, 5.41) is 4.20. The van der Waals surface area contributed by atoms with E-state index in [-0.39, 0.29) is 5.91 Å². The van der Waals surface area contributed by atoms with Crippen LogP contribution in [-0.4, -0.2) is 37.0 Å². The van der Waals surface area contributed by atoms with Crippen LogP contribution in [0, 0.1) is 0 Å². The van der Waals surface area contributed by atoms with Crippen molar-refractivity contribution in [3.63, 3.8) is 0 Å². The Morgan fingerprint density at radius 1 is 1.32 bits per heavy atom. The molecule has 1 fully saturated rings. The third kappa shape index (κ3) is 5.16. The summed E-state index contributed by atoms with van der Waals surface area (Å²) in [7, 11) is 0. The molecule has 1 aliphatic heterocycles. The Morgan fingerprint density at radius 3 is 2.73 bits per heavy atom. The monoisotopic (exact) mass is 338 g/mol. The lowest BCUT2D eigenvalue weighted by molar-refractivity contribution is -0.122. The second-order valence-corrected chi connectivity index (χ2v) is 6.18. The van der Waals surface area contributed by atoms with Crippen molar-refractivity contribution in [1.82, 2.24) is 10.2 Å². The lowest BCUT2D eigenvalue weighted by Gasteiger charge is -2.27. The number of carbonyl (C=O) groups is 1. The fourth-order valence-electron chi connectivity index (χ4n) is 2.43. The molecule has 1 saturated heterocycles. The van der Waals surface area contributed by atoms with Gasteiger partial charge in [0.15, 0.2) is 0 Å². The highest BCUT2D eigenvalue weighted by molar-refractivity contribution is 6.34. The van der Waals surface area contributed by atoms with Crippen LogP contribution < -0.4 is 5.32 Å². The van der Waals surface area contributed by atoms with Crippen molar-refractivity contribution >= 4 is 35.2 Å². The minimum Gasteiger partial charge on any atom is -0.352 e. The number of hydrogen-bond acceptors (Lipinski definition) is 2. The number of carbonyl (C=O) groups excluding carboxylic acids is 1. The Labute approximate surface area is 141 Å². The molecule has 3 nitrogen and oxygen atoms in total. The first-order valence-electron chi connectivity index (χ1n) is 7.33. The summed E-state index contributed by atoms with van der Waals surface area (Å²) in [6.45, 7) is 6.31. The number of hydrogen-bond donors (Lipinski definition) is 1. The van der Waals surface area contributed by atoms with Crippen LogP contribution in [0.15, 0.2) is 36.4 Å². The van der Waals surface area contributed by atoms with Crippen LogP contribution in [0.2, 0.25) is 10.0 Å². The molecule has 1 aromatic carbocycles. The molecule has 2 rings (SSSR count). The number of amides is 1. The van der Waals surface area contributed by atoms with E-state index in [1.54, 1.807) is 12.1 Å². The molecule has 0 radical (unpaired) electrons. The van der Waals surface area contributed by atoms with E-state index in [4.69, 9.17) is 23.2 Å². The Bertz CT molecular complexity index is 574. The number of piperidine rings is 1. The van der Waals surface area contributed by atoms with E-state index in [1.165, 1.54) is 5.57 Å². The van der Waals surface area contributed by atoms with Crippen molar-refractivity contribution in [3.05, 3.63) is 52.0 Å². The van der Waals surface area contributed by atoms with Gasteiger partial charge in [-0.15, -0.1) is 6.58 Å². The second kappa shape index (κ2) is 8.37. The van der Waals surface area contributed by atoms with Crippen LogP contribution in [0.25, 0.3) is 6.08 Å². The summed E-state index contributed by atoms with van der Waals surface area (Å²) in [5.41, 5.74) is 2.30. The number of nitrogens with zero attached hydrogens (tertiary/aromatic N) is 1. The van der Waals surface area contributed by atoms with E-state index in [2.05, 4.69) is 22.9 Å². The van der Waals surface area contributed by atoms with Gasteiger partial charge >= 0.3 is 0 Å². The fraction of sp³-hybridized carbons (Fsp3) is 0.353. The quantitative estimate of drug-likeness (QED) is 0.828. The normalized spacial score (nSPS) is 15.5. The molecule has 1 amide bonds. The van der Waals surface area contributed by atoms with E-state index < -0.39 is 0 Å². The van der Waals surface area contributed by atoms with Crippen LogP contribution in [0.4, 0.5) is 0 Å². The van der Waals surface area contributed by atoms with Crippen molar-refractivity contribution in [1.29, 1.82) is 0 Å². The largest absolute Gasteiger partial charge is 0.352 e. The molecule has 0 aliphatic carbocycles. The van der Waals surface area contributed by atoms with E-state index >= 15 is 0 Å². The van der Waals surface area contributed by atoms with Crippen molar-refractivity contribution < 1.29 is 4.79 Å². The molecule has 1 aliphatic rings. The summed E-state index contributed by atoms with van der Waals surface area (Å²) >= 11 is 12.2. The molecule has 1 heterocycles. The van der Waals surface area contributed by atoms with Gasteiger partial charge < -0.3 is 5.32 Å².